The number of hydrogen-bond donors (Lipinski definition) is 1. The van der Waals surface area contributed by atoms with Gasteiger partial charge in [0.1, 0.15) is 0 Å². The molecule has 0 spiro atoms. The fraction of sp³-hybridized carbons (Fsp3) is 0.267. The molecule has 2 aromatic rings. The highest BCUT2D eigenvalue weighted by molar-refractivity contribution is 5.50. The van der Waals surface area contributed by atoms with Crippen molar-refractivity contribution in [3.8, 4) is 5.75 Å². The van der Waals surface area contributed by atoms with Crippen molar-refractivity contribution in [3.63, 3.8) is 0 Å². The first kappa shape index (κ1) is 12.4. The summed E-state index contributed by atoms with van der Waals surface area (Å²) in [6.07, 6.45) is 1.77. The maximum atomic E-state index is 5.53. The summed E-state index contributed by atoms with van der Waals surface area (Å²) in [7, 11) is 0. The standard InChI is InChI=1S/C15H18N2O/c1-3-18-14-9-6-10-16-15(14)17-11-13-8-5-4-7-12(13)2/h4-10H,3,11H2,1-2H3,(H,16,17). The normalized spacial score (nSPS) is 10.1. The Morgan fingerprint density at radius 1 is 1.17 bits per heavy atom. The second-order valence-electron chi connectivity index (χ2n) is 4.06. The molecular formula is C15H18N2O. The molecule has 0 saturated heterocycles. The Morgan fingerprint density at radius 2 is 2.00 bits per heavy atom. The van der Waals surface area contributed by atoms with Gasteiger partial charge in [-0.1, -0.05) is 24.3 Å². The van der Waals surface area contributed by atoms with Gasteiger partial charge in [0.15, 0.2) is 11.6 Å². The molecule has 1 N–H and O–H groups in total. The van der Waals surface area contributed by atoms with Crippen LogP contribution in [-0.4, -0.2) is 11.6 Å². The molecule has 0 aliphatic rings. The second-order valence-corrected chi connectivity index (χ2v) is 4.06. The topological polar surface area (TPSA) is 34.1 Å². The van der Waals surface area contributed by atoms with E-state index in [2.05, 4.69) is 29.4 Å². The lowest BCUT2D eigenvalue weighted by atomic mass is 10.1. The predicted molar refractivity (Wildman–Crippen MR) is 73.9 cm³/mol. The number of pyridine rings is 1. The lowest BCUT2D eigenvalue weighted by Crippen LogP contribution is -2.05. The fourth-order valence-electron chi connectivity index (χ4n) is 1.78. The fourth-order valence-corrected chi connectivity index (χ4v) is 1.78. The minimum atomic E-state index is 0.644. The van der Waals surface area contributed by atoms with Crippen molar-refractivity contribution in [2.45, 2.75) is 20.4 Å². The number of aromatic nitrogens is 1. The lowest BCUT2D eigenvalue weighted by molar-refractivity contribution is 0.340. The summed E-state index contributed by atoms with van der Waals surface area (Å²) >= 11 is 0. The molecule has 1 heterocycles. The largest absolute Gasteiger partial charge is 0.490 e. The van der Waals surface area contributed by atoms with Crippen molar-refractivity contribution in [1.82, 2.24) is 4.98 Å². The van der Waals surface area contributed by atoms with E-state index in [0.29, 0.717) is 6.61 Å². The molecule has 94 valence electrons. The Morgan fingerprint density at radius 3 is 2.78 bits per heavy atom. The predicted octanol–water partition coefficient (Wildman–Crippen LogP) is 3.40. The minimum absolute atomic E-state index is 0.644. The number of anilines is 1. The first-order valence-electron chi connectivity index (χ1n) is 6.17. The van der Waals surface area contributed by atoms with Crippen molar-refractivity contribution in [2.75, 3.05) is 11.9 Å². The minimum Gasteiger partial charge on any atom is -0.490 e. The van der Waals surface area contributed by atoms with Gasteiger partial charge in [-0.15, -0.1) is 0 Å². The number of ether oxygens (including phenoxy) is 1. The van der Waals surface area contributed by atoms with Crippen LogP contribution in [0.2, 0.25) is 0 Å². The summed E-state index contributed by atoms with van der Waals surface area (Å²) in [5.41, 5.74) is 2.55. The van der Waals surface area contributed by atoms with Crippen LogP contribution in [0.3, 0.4) is 0 Å². The Hall–Kier alpha value is -2.03. The number of hydrogen-bond acceptors (Lipinski definition) is 3. The van der Waals surface area contributed by atoms with Crippen LogP contribution in [0.25, 0.3) is 0 Å². The van der Waals surface area contributed by atoms with E-state index in [4.69, 9.17) is 4.74 Å². The summed E-state index contributed by atoms with van der Waals surface area (Å²) < 4.78 is 5.53. The van der Waals surface area contributed by atoms with Crippen LogP contribution in [0, 0.1) is 6.92 Å². The van der Waals surface area contributed by atoms with E-state index in [9.17, 15) is 0 Å². The van der Waals surface area contributed by atoms with Gasteiger partial charge in [-0.25, -0.2) is 4.98 Å². The smallest absolute Gasteiger partial charge is 0.169 e. The molecule has 3 nitrogen and oxygen atoms in total. The highest BCUT2D eigenvalue weighted by Gasteiger charge is 2.04. The van der Waals surface area contributed by atoms with Crippen LogP contribution in [-0.2, 0) is 6.54 Å². The van der Waals surface area contributed by atoms with Crippen molar-refractivity contribution in [3.05, 3.63) is 53.7 Å². The number of benzene rings is 1. The number of rotatable bonds is 5. The summed E-state index contributed by atoms with van der Waals surface area (Å²) in [5.74, 6) is 1.59. The van der Waals surface area contributed by atoms with E-state index in [0.717, 1.165) is 18.1 Å². The van der Waals surface area contributed by atoms with E-state index in [-0.39, 0.29) is 0 Å². The maximum Gasteiger partial charge on any atom is 0.169 e. The molecule has 1 aromatic carbocycles. The molecule has 0 aliphatic heterocycles. The molecule has 0 atom stereocenters. The zero-order valence-electron chi connectivity index (χ0n) is 10.8. The summed E-state index contributed by atoms with van der Waals surface area (Å²) in [6, 6.07) is 12.1. The number of nitrogens with one attached hydrogen (secondary N) is 1. The van der Waals surface area contributed by atoms with Crippen molar-refractivity contribution in [2.24, 2.45) is 0 Å². The van der Waals surface area contributed by atoms with Gasteiger partial charge in [-0.2, -0.15) is 0 Å². The third-order valence-electron chi connectivity index (χ3n) is 2.78. The zero-order valence-corrected chi connectivity index (χ0v) is 10.8. The number of nitrogens with zero attached hydrogens (tertiary/aromatic N) is 1. The van der Waals surface area contributed by atoms with Gasteiger partial charge in [0.05, 0.1) is 6.61 Å². The molecule has 2 rings (SSSR count). The second kappa shape index (κ2) is 6.05. The van der Waals surface area contributed by atoms with E-state index in [1.165, 1.54) is 11.1 Å². The quantitative estimate of drug-likeness (QED) is 0.872. The summed E-state index contributed by atoms with van der Waals surface area (Å²) in [6.45, 7) is 5.48. The molecule has 0 radical (unpaired) electrons. The molecule has 1 aromatic heterocycles. The molecule has 0 unspecified atom stereocenters. The van der Waals surface area contributed by atoms with Gasteiger partial charge in [0, 0.05) is 12.7 Å². The van der Waals surface area contributed by atoms with Crippen molar-refractivity contribution < 1.29 is 4.74 Å². The van der Waals surface area contributed by atoms with Gasteiger partial charge in [-0.05, 0) is 37.1 Å². The monoisotopic (exact) mass is 242 g/mol. The van der Waals surface area contributed by atoms with Crippen molar-refractivity contribution in [1.29, 1.82) is 0 Å². The Labute approximate surface area is 108 Å². The van der Waals surface area contributed by atoms with Crippen LogP contribution >= 0.6 is 0 Å². The maximum absolute atomic E-state index is 5.53. The molecule has 0 fully saturated rings. The van der Waals surface area contributed by atoms with Crippen LogP contribution in [0.5, 0.6) is 5.75 Å². The van der Waals surface area contributed by atoms with Gasteiger partial charge in [0.2, 0.25) is 0 Å². The Kier molecular flexibility index (Phi) is 4.18. The van der Waals surface area contributed by atoms with Gasteiger partial charge in [-0.3, -0.25) is 0 Å². The van der Waals surface area contributed by atoms with E-state index in [1.807, 2.05) is 31.2 Å². The van der Waals surface area contributed by atoms with Crippen LogP contribution in [0.15, 0.2) is 42.6 Å². The Bertz CT molecular complexity index is 511. The first-order valence-corrected chi connectivity index (χ1v) is 6.17. The first-order chi connectivity index (χ1) is 8.81. The average molecular weight is 242 g/mol. The zero-order chi connectivity index (χ0) is 12.8. The van der Waals surface area contributed by atoms with E-state index < -0.39 is 0 Å². The molecule has 18 heavy (non-hydrogen) atoms. The summed E-state index contributed by atoms with van der Waals surface area (Å²) in [5, 5.41) is 3.32. The molecular weight excluding hydrogens is 224 g/mol. The van der Waals surface area contributed by atoms with Gasteiger partial charge in [0.25, 0.3) is 0 Å². The highest BCUT2D eigenvalue weighted by Crippen LogP contribution is 2.21. The number of aryl methyl sites for hydroxylation is 1. The van der Waals surface area contributed by atoms with E-state index in [1.54, 1.807) is 6.20 Å². The van der Waals surface area contributed by atoms with Gasteiger partial charge < -0.3 is 10.1 Å². The van der Waals surface area contributed by atoms with E-state index >= 15 is 0 Å². The Balaban J connectivity index is 2.08. The van der Waals surface area contributed by atoms with Crippen molar-refractivity contribution >= 4 is 5.82 Å². The molecule has 3 heteroatoms. The third-order valence-corrected chi connectivity index (χ3v) is 2.78. The molecule has 0 saturated carbocycles. The molecule has 0 aliphatic carbocycles. The molecule has 0 amide bonds. The van der Waals surface area contributed by atoms with Crippen LogP contribution < -0.4 is 10.1 Å². The molecule has 0 bridgehead atoms. The average Bonchev–Trinajstić information content (AvgIpc) is 2.40. The third kappa shape index (κ3) is 3.00. The SMILES string of the molecule is CCOc1cccnc1NCc1ccccc1C. The lowest BCUT2D eigenvalue weighted by Gasteiger charge is -2.12. The van der Waals surface area contributed by atoms with Crippen LogP contribution in [0.4, 0.5) is 5.82 Å². The van der Waals surface area contributed by atoms with Gasteiger partial charge >= 0.3 is 0 Å². The van der Waals surface area contributed by atoms with Crippen LogP contribution in [0.1, 0.15) is 18.1 Å². The summed E-state index contributed by atoms with van der Waals surface area (Å²) in [4.78, 5) is 4.31. The highest BCUT2D eigenvalue weighted by atomic mass is 16.5.